The molecule has 5 nitrogen and oxygen atoms in total. The van der Waals surface area contributed by atoms with E-state index < -0.39 is 11.6 Å². The van der Waals surface area contributed by atoms with Crippen molar-refractivity contribution in [2.75, 3.05) is 18.0 Å². The summed E-state index contributed by atoms with van der Waals surface area (Å²) in [5.41, 5.74) is 1.81. The first-order chi connectivity index (χ1) is 12.5. The molecule has 0 radical (unpaired) electrons. The van der Waals surface area contributed by atoms with Crippen molar-refractivity contribution in [2.24, 2.45) is 0 Å². The van der Waals surface area contributed by atoms with Crippen LogP contribution in [0.25, 0.3) is 0 Å². The summed E-state index contributed by atoms with van der Waals surface area (Å²) in [6.45, 7) is 2.56. The number of rotatable bonds is 3. The predicted octanol–water partition coefficient (Wildman–Crippen LogP) is 2.81. The minimum Gasteiger partial charge on any atom is -0.355 e. The maximum absolute atomic E-state index is 12.6. The van der Waals surface area contributed by atoms with E-state index in [9.17, 15) is 18.8 Å². The molecule has 134 valence electrons. The zero-order valence-electron chi connectivity index (χ0n) is 14.4. The fraction of sp³-hybridized carbons (Fsp3) is 0.316. The van der Waals surface area contributed by atoms with Crippen LogP contribution in [-0.2, 0) is 19.4 Å². The number of aromatic nitrogens is 2. The van der Waals surface area contributed by atoms with Crippen molar-refractivity contribution in [1.82, 2.24) is 9.55 Å². The first-order valence-corrected chi connectivity index (χ1v) is 8.35. The molecule has 0 N–H and O–H groups in total. The molecule has 1 aromatic carbocycles. The molecule has 0 saturated carbocycles. The van der Waals surface area contributed by atoms with Gasteiger partial charge in [0.1, 0.15) is 11.9 Å². The zero-order chi connectivity index (χ0) is 18.7. The quantitative estimate of drug-likeness (QED) is 0.848. The van der Waals surface area contributed by atoms with E-state index in [0.29, 0.717) is 30.8 Å². The van der Waals surface area contributed by atoms with Crippen molar-refractivity contribution in [2.45, 2.75) is 26.3 Å². The van der Waals surface area contributed by atoms with E-state index in [0.717, 1.165) is 17.4 Å². The number of nitrogens with zero attached hydrogens (tertiary/aromatic N) is 4. The maximum Gasteiger partial charge on any atom is 0.273 e. The lowest BCUT2D eigenvalue weighted by Gasteiger charge is -2.23. The van der Waals surface area contributed by atoms with Crippen LogP contribution in [0, 0.1) is 18.3 Å². The highest BCUT2D eigenvalue weighted by atomic mass is 19.3. The first kappa shape index (κ1) is 17.8. The average Bonchev–Trinajstić information content (AvgIpc) is 2.83. The first-order valence-electron chi connectivity index (χ1n) is 8.35. The summed E-state index contributed by atoms with van der Waals surface area (Å²) < 4.78 is 25.8. The van der Waals surface area contributed by atoms with Crippen LogP contribution in [0.5, 0.6) is 0 Å². The Morgan fingerprint density at radius 2 is 1.88 bits per heavy atom. The number of anilines is 1. The molecular formula is C19H18F2N4O. The second kappa shape index (κ2) is 7.48. The van der Waals surface area contributed by atoms with Crippen LogP contribution in [0.15, 0.2) is 41.2 Å². The van der Waals surface area contributed by atoms with Gasteiger partial charge in [-0.1, -0.05) is 24.3 Å². The molecule has 0 unspecified atom stereocenters. The van der Waals surface area contributed by atoms with Crippen molar-refractivity contribution in [1.29, 1.82) is 5.26 Å². The number of allylic oxidation sites excluding steroid dienone is 1. The van der Waals surface area contributed by atoms with Crippen molar-refractivity contribution in [3.63, 3.8) is 0 Å². The third kappa shape index (κ3) is 3.49. The third-order valence-corrected chi connectivity index (χ3v) is 4.60. The van der Waals surface area contributed by atoms with Gasteiger partial charge in [0, 0.05) is 19.2 Å². The predicted molar refractivity (Wildman–Crippen MR) is 94.3 cm³/mol. The van der Waals surface area contributed by atoms with Crippen LogP contribution in [0.1, 0.15) is 22.5 Å². The van der Waals surface area contributed by atoms with Gasteiger partial charge in [0.25, 0.3) is 11.6 Å². The molecule has 0 amide bonds. The van der Waals surface area contributed by atoms with E-state index >= 15 is 0 Å². The van der Waals surface area contributed by atoms with Crippen LogP contribution in [0.2, 0.25) is 0 Å². The summed E-state index contributed by atoms with van der Waals surface area (Å²) >= 11 is 0. The molecule has 0 saturated heterocycles. The number of nitriles is 1. The van der Waals surface area contributed by atoms with Gasteiger partial charge in [0.2, 0.25) is 0 Å². The van der Waals surface area contributed by atoms with Gasteiger partial charge in [0.15, 0.2) is 11.4 Å². The summed E-state index contributed by atoms with van der Waals surface area (Å²) in [6.07, 6.45) is 0.352. The molecule has 0 spiro atoms. The third-order valence-electron chi connectivity index (χ3n) is 4.60. The van der Waals surface area contributed by atoms with Gasteiger partial charge < -0.3 is 4.90 Å². The molecule has 7 heteroatoms. The van der Waals surface area contributed by atoms with Gasteiger partial charge in [-0.15, -0.1) is 0 Å². The molecule has 3 rings (SSSR count). The Bertz CT molecular complexity index is 928. The Labute approximate surface area is 149 Å². The number of benzene rings is 1. The van der Waals surface area contributed by atoms with Gasteiger partial charge >= 0.3 is 0 Å². The zero-order valence-corrected chi connectivity index (χ0v) is 14.4. The van der Waals surface area contributed by atoms with Crippen molar-refractivity contribution >= 4 is 5.82 Å². The van der Waals surface area contributed by atoms with Crippen LogP contribution >= 0.6 is 0 Å². The van der Waals surface area contributed by atoms with E-state index in [4.69, 9.17) is 0 Å². The van der Waals surface area contributed by atoms with Gasteiger partial charge in [-0.25, -0.2) is 4.98 Å². The lowest BCUT2D eigenvalue weighted by molar-refractivity contribution is 0.415. The van der Waals surface area contributed by atoms with Crippen LogP contribution in [0.3, 0.4) is 0 Å². The fourth-order valence-electron chi connectivity index (χ4n) is 3.23. The average molecular weight is 356 g/mol. The minimum absolute atomic E-state index is 0.103. The van der Waals surface area contributed by atoms with Gasteiger partial charge in [-0.3, -0.25) is 9.36 Å². The second-order valence-electron chi connectivity index (χ2n) is 6.13. The van der Waals surface area contributed by atoms with E-state index in [1.54, 1.807) is 6.92 Å². The van der Waals surface area contributed by atoms with E-state index in [2.05, 4.69) is 17.1 Å². The van der Waals surface area contributed by atoms with Crippen LogP contribution in [-0.4, -0.2) is 22.6 Å². The van der Waals surface area contributed by atoms with Gasteiger partial charge in [0.05, 0.1) is 6.54 Å². The molecule has 26 heavy (non-hydrogen) atoms. The molecule has 0 bridgehead atoms. The number of hydrogen-bond acceptors (Lipinski definition) is 4. The maximum atomic E-state index is 12.6. The Hall–Kier alpha value is -3.01. The van der Waals surface area contributed by atoms with E-state index in [1.165, 1.54) is 11.1 Å². The van der Waals surface area contributed by atoms with E-state index in [1.807, 2.05) is 23.1 Å². The molecule has 1 aliphatic heterocycles. The highest BCUT2D eigenvalue weighted by Crippen LogP contribution is 2.21. The summed E-state index contributed by atoms with van der Waals surface area (Å²) in [5, 5.41) is 9.47. The van der Waals surface area contributed by atoms with Crippen molar-refractivity contribution in [3.05, 3.63) is 69.3 Å². The summed E-state index contributed by atoms with van der Waals surface area (Å²) in [5.74, 6) is 0.645. The Balaban J connectivity index is 1.97. The lowest BCUT2D eigenvalue weighted by atomic mass is 10.0. The summed E-state index contributed by atoms with van der Waals surface area (Å²) in [4.78, 5) is 18.9. The number of aryl methyl sites for hydroxylation is 1. The lowest BCUT2D eigenvalue weighted by Crippen LogP contribution is -2.34. The normalized spacial score (nSPS) is 13.5. The standard InChI is InChI=1S/C19H18F2N4O/c1-13-23-18(16(12-22)19(26)25(13)11-8-17(20)21)24-9-6-14-4-2-3-5-15(14)7-10-24/h2-5,8H,6-7,9-11H2,1H3. The SMILES string of the molecule is Cc1nc(N2CCc3ccccc3CC2)c(C#N)c(=O)n1CC=C(F)F. The monoisotopic (exact) mass is 356 g/mol. The Morgan fingerprint density at radius 1 is 1.27 bits per heavy atom. The van der Waals surface area contributed by atoms with Gasteiger partial charge in [-0.05, 0) is 30.9 Å². The van der Waals surface area contributed by atoms with Crippen LogP contribution < -0.4 is 10.5 Å². The fourth-order valence-corrected chi connectivity index (χ4v) is 3.23. The molecule has 0 aliphatic carbocycles. The summed E-state index contributed by atoms with van der Waals surface area (Å²) in [6, 6.07) is 10.1. The second-order valence-corrected chi connectivity index (χ2v) is 6.13. The molecule has 1 aromatic heterocycles. The molecule has 1 aliphatic rings. The number of fused-ring (bicyclic) bond motifs is 1. The van der Waals surface area contributed by atoms with Crippen LogP contribution in [0.4, 0.5) is 14.6 Å². The molecule has 0 fully saturated rings. The van der Waals surface area contributed by atoms with Crippen molar-refractivity contribution in [3.8, 4) is 6.07 Å². The molecule has 0 atom stereocenters. The van der Waals surface area contributed by atoms with Gasteiger partial charge in [-0.2, -0.15) is 14.0 Å². The largest absolute Gasteiger partial charge is 0.355 e. The smallest absolute Gasteiger partial charge is 0.273 e. The number of halogens is 2. The molecular weight excluding hydrogens is 338 g/mol. The highest BCUT2D eigenvalue weighted by molar-refractivity contribution is 5.54. The summed E-state index contributed by atoms with van der Waals surface area (Å²) in [7, 11) is 0. The molecule has 2 aromatic rings. The minimum atomic E-state index is -1.87. The highest BCUT2D eigenvalue weighted by Gasteiger charge is 2.22. The van der Waals surface area contributed by atoms with Crippen molar-refractivity contribution < 1.29 is 8.78 Å². The molecule has 2 heterocycles. The Kier molecular flexibility index (Phi) is 5.12. The topological polar surface area (TPSA) is 61.9 Å². The number of hydrogen-bond donors (Lipinski definition) is 0. The Morgan fingerprint density at radius 3 is 2.42 bits per heavy atom. The van der Waals surface area contributed by atoms with E-state index in [-0.39, 0.29) is 12.1 Å².